The fraction of sp³-hybridized carbons (Fsp3) is 1.00. The molecule has 0 bridgehead atoms. The van der Waals surface area contributed by atoms with Crippen molar-refractivity contribution in [2.45, 2.75) is 98.3 Å². The molecule has 1 saturated carbocycles. The van der Waals surface area contributed by atoms with Gasteiger partial charge in [0.15, 0.2) is 0 Å². The predicted molar refractivity (Wildman–Crippen MR) is 87.4 cm³/mol. The summed E-state index contributed by atoms with van der Waals surface area (Å²) in [6, 6.07) is 0. The van der Waals surface area contributed by atoms with Gasteiger partial charge in [0.1, 0.15) is 0 Å². The summed E-state index contributed by atoms with van der Waals surface area (Å²) < 4.78 is 0. The molecule has 0 spiro atoms. The van der Waals surface area contributed by atoms with Crippen LogP contribution in [-0.4, -0.2) is 0 Å². The number of rotatable bonds is 9. The summed E-state index contributed by atoms with van der Waals surface area (Å²) in [5, 5.41) is 0. The van der Waals surface area contributed by atoms with E-state index in [1.165, 1.54) is 70.6 Å². The van der Waals surface area contributed by atoms with Crippen molar-refractivity contribution in [2.75, 3.05) is 0 Å². The Kier molecular flexibility index (Phi) is 8.83. The minimum atomic E-state index is 0.938. The molecule has 1 rings (SSSR count). The molecule has 0 amide bonds. The molecule has 1 aliphatic carbocycles. The van der Waals surface area contributed by atoms with Gasteiger partial charge in [-0.15, -0.1) is 0 Å². The number of unbranched alkanes of at least 4 members (excludes halogenated alkanes) is 2. The first-order chi connectivity index (χ1) is 9.13. The van der Waals surface area contributed by atoms with E-state index in [1.54, 1.807) is 0 Å². The number of hydrogen-bond acceptors (Lipinski definition) is 0. The van der Waals surface area contributed by atoms with E-state index in [0.29, 0.717) is 0 Å². The second kappa shape index (κ2) is 9.83. The molecular weight excluding hydrogens is 228 g/mol. The Balaban J connectivity index is 2.16. The van der Waals surface area contributed by atoms with Crippen LogP contribution in [0.2, 0.25) is 0 Å². The monoisotopic (exact) mass is 266 g/mol. The van der Waals surface area contributed by atoms with Crippen molar-refractivity contribution in [2.24, 2.45) is 23.7 Å². The van der Waals surface area contributed by atoms with Crippen molar-refractivity contribution in [3.63, 3.8) is 0 Å². The largest absolute Gasteiger partial charge is 0.0654 e. The quantitative estimate of drug-likeness (QED) is 0.401. The first-order valence-corrected chi connectivity index (χ1v) is 9.13. The van der Waals surface area contributed by atoms with Crippen LogP contribution in [0.15, 0.2) is 0 Å². The maximum absolute atomic E-state index is 2.52. The minimum Gasteiger partial charge on any atom is -0.0654 e. The third-order valence-corrected chi connectivity index (χ3v) is 5.33. The maximum atomic E-state index is 2.52. The van der Waals surface area contributed by atoms with Crippen molar-refractivity contribution in [3.8, 4) is 0 Å². The van der Waals surface area contributed by atoms with Gasteiger partial charge >= 0.3 is 0 Å². The van der Waals surface area contributed by atoms with E-state index in [1.807, 2.05) is 0 Å². The Morgan fingerprint density at radius 3 is 2.16 bits per heavy atom. The Morgan fingerprint density at radius 2 is 1.53 bits per heavy atom. The van der Waals surface area contributed by atoms with Crippen LogP contribution >= 0.6 is 0 Å². The summed E-state index contributed by atoms with van der Waals surface area (Å²) in [6.07, 6.45) is 16.1. The molecule has 114 valence electrons. The average molecular weight is 267 g/mol. The van der Waals surface area contributed by atoms with Crippen molar-refractivity contribution in [1.29, 1.82) is 0 Å². The smallest absolute Gasteiger partial charge is 0.0388 e. The third-order valence-electron chi connectivity index (χ3n) is 5.33. The average Bonchev–Trinajstić information content (AvgIpc) is 2.39. The van der Waals surface area contributed by atoms with E-state index in [0.717, 1.165) is 23.7 Å². The summed E-state index contributed by atoms with van der Waals surface area (Å²) in [5.74, 6) is 3.90. The summed E-state index contributed by atoms with van der Waals surface area (Å²) in [6.45, 7) is 9.79. The lowest BCUT2D eigenvalue weighted by Gasteiger charge is -2.30. The third kappa shape index (κ3) is 7.37. The van der Waals surface area contributed by atoms with Gasteiger partial charge in [-0.25, -0.2) is 0 Å². The highest BCUT2D eigenvalue weighted by molar-refractivity contribution is 4.73. The normalized spacial score (nSPS) is 22.1. The molecule has 0 radical (unpaired) electrons. The molecule has 0 heterocycles. The van der Waals surface area contributed by atoms with Crippen molar-refractivity contribution >= 4 is 0 Å². The lowest BCUT2D eigenvalue weighted by atomic mass is 9.76. The zero-order valence-corrected chi connectivity index (χ0v) is 14.1. The zero-order chi connectivity index (χ0) is 14.1. The van der Waals surface area contributed by atoms with E-state index < -0.39 is 0 Å². The fourth-order valence-electron chi connectivity index (χ4n) is 4.17. The van der Waals surface area contributed by atoms with Gasteiger partial charge in [0, 0.05) is 0 Å². The van der Waals surface area contributed by atoms with Gasteiger partial charge in [-0.1, -0.05) is 85.5 Å². The van der Waals surface area contributed by atoms with E-state index in [4.69, 9.17) is 0 Å². The van der Waals surface area contributed by atoms with Gasteiger partial charge in [-0.3, -0.25) is 0 Å². The second-order valence-corrected chi connectivity index (χ2v) is 7.55. The van der Waals surface area contributed by atoms with Crippen LogP contribution < -0.4 is 0 Å². The maximum Gasteiger partial charge on any atom is -0.0388 e. The van der Waals surface area contributed by atoms with E-state index in [2.05, 4.69) is 27.7 Å². The predicted octanol–water partition coefficient (Wildman–Crippen LogP) is 6.84. The summed E-state index contributed by atoms with van der Waals surface area (Å²) in [5.41, 5.74) is 0. The summed E-state index contributed by atoms with van der Waals surface area (Å²) in [4.78, 5) is 0. The molecule has 1 fully saturated rings. The van der Waals surface area contributed by atoms with E-state index >= 15 is 0 Å². The molecular formula is C19H38. The fourth-order valence-corrected chi connectivity index (χ4v) is 4.17. The van der Waals surface area contributed by atoms with Crippen LogP contribution in [0.4, 0.5) is 0 Å². The van der Waals surface area contributed by atoms with Crippen molar-refractivity contribution < 1.29 is 0 Å². The van der Waals surface area contributed by atoms with Crippen molar-refractivity contribution in [3.05, 3.63) is 0 Å². The number of hydrogen-bond donors (Lipinski definition) is 0. The molecule has 0 aromatic carbocycles. The molecule has 3 unspecified atom stereocenters. The van der Waals surface area contributed by atoms with Gasteiger partial charge in [-0.2, -0.15) is 0 Å². The van der Waals surface area contributed by atoms with Crippen LogP contribution in [-0.2, 0) is 0 Å². The van der Waals surface area contributed by atoms with Gasteiger partial charge < -0.3 is 0 Å². The molecule has 0 saturated heterocycles. The second-order valence-electron chi connectivity index (χ2n) is 7.55. The standard InChI is InChI=1S/C19H38/c1-5-6-8-11-16(2)14-17(3)15-18(4)19-12-9-7-10-13-19/h16-19H,5-15H2,1-4H3. The highest BCUT2D eigenvalue weighted by atomic mass is 14.3. The van der Waals surface area contributed by atoms with Crippen LogP contribution in [0.1, 0.15) is 98.3 Å². The Labute approximate surface area is 122 Å². The first kappa shape index (κ1) is 17.1. The Hall–Kier alpha value is 0. The van der Waals surface area contributed by atoms with Crippen LogP contribution in [0.25, 0.3) is 0 Å². The molecule has 0 N–H and O–H groups in total. The summed E-state index contributed by atoms with van der Waals surface area (Å²) >= 11 is 0. The first-order valence-electron chi connectivity index (χ1n) is 9.13. The van der Waals surface area contributed by atoms with Crippen LogP contribution in [0.5, 0.6) is 0 Å². The van der Waals surface area contributed by atoms with Crippen LogP contribution in [0.3, 0.4) is 0 Å². The lowest BCUT2D eigenvalue weighted by molar-refractivity contribution is 0.217. The van der Waals surface area contributed by atoms with Gasteiger partial charge in [0.25, 0.3) is 0 Å². The zero-order valence-electron chi connectivity index (χ0n) is 14.1. The lowest BCUT2D eigenvalue weighted by Crippen LogP contribution is -2.18. The highest BCUT2D eigenvalue weighted by Gasteiger charge is 2.22. The molecule has 0 aromatic rings. The van der Waals surface area contributed by atoms with Crippen molar-refractivity contribution in [1.82, 2.24) is 0 Å². The minimum absolute atomic E-state index is 0.938. The van der Waals surface area contributed by atoms with Gasteiger partial charge in [-0.05, 0) is 36.5 Å². The molecule has 0 aromatic heterocycles. The van der Waals surface area contributed by atoms with Gasteiger partial charge in [0.2, 0.25) is 0 Å². The van der Waals surface area contributed by atoms with Gasteiger partial charge in [0.05, 0.1) is 0 Å². The SMILES string of the molecule is CCCCCC(C)CC(C)CC(C)C1CCCCC1. The molecule has 19 heavy (non-hydrogen) atoms. The Morgan fingerprint density at radius 1 is 0.842 bits per heavy atom. The molecule has 0 heteroatoms. The van der Waals surface area contributed by atoms with Crippen LogP contribution in [0, 0.1) is 23.7 Å². The molecule has 0 nitrogen and oxygen atoms in total. The summed E-state index contributed by atoms with van der Waals surface area (Å²) in [7, 11) is 0. The Bertz CT molecular complexity index is 202. The van der Waals surface area contributed by atoms with E-state index in [9.17, 15) is 0 Å². The topological polar surface area (TPSA) is 0 Å². The molecule has 0 aliphatic heterocycles. The highest BCUT2D eigenvalue weighted by Crippen LogP contribution is 2.34. The molecule has 1 aliphatic rings. The van der Waals surface area contributed by atoms with E-state index in [-0.39, 0.29) is 0 Å². The molecule has 3 atom stereocenters.